The van der Waals surface area contributed by atoms with E-state index in [0.717, 1.165) is 34.4 Å². The second-order valence-electron chi connectivity index (χ2n) is 5.51. The molecular formula is C19H18Cl2N4. The highest BCUT2D eigenvalue weighted by Gasteiger charge is 2.02. The molecule has 0 spiro atoms. The second-order valence-corrected chi connectivity index (χ2v) is 6.36. The zero-order valence-electron chi connectivity index (χ0n) is 13.5. The summed E-state index contributed by atoms with van der Waals surface area (Å²) < 4.78 is 0. The normalized spacial score (nSPS) is 10.5. The van der Waals surface area contributed by atoms with Crippen molar-refractivity contribution in [1.29, 1.82) is 0 Å². The third-order valence-electron chi connectivity index (χ3n) is 3.68. The third kappa shape index (κ3) is 5.34. The fraction of sp³-hybridized carbons (Fsp3) is 0.158. The van der Waals surface area contributed by atoms with E-state index in [1.807, 2.05) is 54.6 Å². The van der Waals surface area contributed by atoms with Crippen LogP contribution < -0.4 is 10.6 Å². The van der Waals surface area contributed by atoms with Gasteiger partial charge in [0.2, 0.25) is 5.95 Å². The summed E-state index contributed by atoms with van der Waals surface area (Å²) in [6.07, 6.45) is 2.62. The molecule has 0 aliphatic carbocycles. The summed E-state index contributed by atoms with van der Waals surface area (Å²) in [6.45, 7) is 1.36. The Bertz CT molecular complexity index is 822. The zero-order chi connectivity index (χ0) is 17.5. The second kappa shape index (κ2) is 8.70. The molecule has 25 heavy (non-hydrogen) atoms. The molecule has 6 heteroatoms. The minimum Gasteiger partial charge on any atom is -0.370 e. The van der Waals surface area contributed by atoms with Crippen LogP contribution in [-0.2, 0) is 13.0 Å². The summed E-state index contributed by atoms with van der Waals surface area (Å²) in [4.78, 5) is 8.71. The molecule has 1 heterocycles. The van der Waals surface area contributed by atoms with Crippen molar-refractivity contribution in [2.75, 3.05) is 17.2 Å². The van der Waals surface area contributed by atoms with E-state index in [0.29, 0.717) is 12.5 Å². The van der Waals surface area contributed by atoms with E-state index >= 15 is 0 Å². The molecule has 0 amide bonds. The van der Waals surface area contributed by atoms with E-state index in [1.54, 1.807) is 6.20 Å². The lowest BCUT2D eigenvalue weighted by Gasteiger charge is -2.09. The molecule has 3 rings (SSSR count). The molecule has 0 saturated carbocycles. The Kier molecular flexibility index (Phi) is 6.09. The Morgan fingerprint density at radius 1 is 0.880 bits per heavy atom. The van der Waals surface area contributed by atoms with Crippen molar-refractivity contribution in [2.24, 2.45) is 0 Å². The molecule has 0 unspecified atom stereocenters. The lowest BCUT2D eigenvalue weighted by molar-refractivity contribution is 0.991. The summed E-state index contributed by atoms with van der Waals surface area (Å²) in [7, 11) is 0. The first-order chi connectivity index (χ1) is 12.2. The van der Waals surface area contributed by atoms with Gasteiger partial charge in [-0.25, -0.2) is 4.98 Å². The lowest BCUT2D eigenvalue weighted by Crippen LogP contribution is -2.09. The SMILES string of the molecule is Clc1ccc(CCNc2ccnc(NCc3ccccc3Cl)n2)cc1. The minimum absolute atomic E-state index is 0.566. The van der Waals surface area contributed by atoms with Gasteiger partial charge in [-0.3, -0.25) is 0 Å². The third-order valence-corrected chi connectivity index (χ3v) is 4.30. The van der Waals surface area contributed by atoms with Gasteiger partial charge in [0.05, 0.1) is 0 Å². The summed E-state index contributed by atoms with van der Waals surface area (Å²) in [5.74, 6) is 1.35. The van der Waals surface area contributed by atoms with Crippen LogP contribution in [0.3, 0.4) is 0 Å². The van der Waals surface area contributed by atoms with Gasteiger partial charge in [-0.05, 0) is 41.8 Å². The van der Waals surface area contributed by atoms with Crippen molar-refractivity contribution in [3.63, 3.8) is 0 Å². The van der Waals surface area contributed by atoms with Crippen LogP contribution in [0.15, 0.2) is 60.8 Å². The Labute approximate surface area is 157 Å². The molecule has 0 bridgehead atoms. The molecule has 0 atom stereocenters. The van der Waals surface area contributed by atoms with E-state index in [9.17, 15) is 0 Å². The smallest absolute Gasteiger partial charge is 0.224 e. The Balaban J connectivity index is 1.52. The highest BCUT2D eigenvalue weighted by atomic mass is 35.5. The van der Waals surface area contributed by atoms with Crippen LogP contribution in [0.1, 0.15) is 11.1 Å². The van der Waals surface area contributed by atoms with Crippen LogP contribution in [0.25, 0.3) is 0 Å². The van der Waals surface area contributed by atoms with Gasteiger partial charge in [0.15, 0.2) is 0 Å². The van der Waals surface area contributed by atoms with Gasteiger partial charge in [-0.15, -0.1) is 0 Å². The van der Waals surface area contributed by atoms with Crippen molar-refractivity contribution in [3.05, 3.63) is 82.0 Å². The largest absolute Gasteiger partial charge is 0.370 e. The van der Waals surface area contributed by atoms with E-state index in [4.69, 9.17) is 23.2 Å². The van der Waals surface area contributed by atoms with Gasteiger partial charge in [-0.1, -0.05) is 53.5 Å². The van der Waals surface area contributed by atoms with Gasteiger partial charge in [0, 0.05) is 29.3 Å². The first-order valence-electron chi connectivity index (χ1n) is 7.99. The summed E-state index contributed by atoms with van der Waals surface area (Å²) in [5.41, 5.74) is 2.23. The molecule has 4 nitrogen and oxygen atoms in total. The Morgan fingerprint density at radius 3 is 2.48 bits per heavy atom. The zero-order valence-corrected chi connectivity index (χ0v) is 15.1. The standard InChI is InChI=1S/C19H18Cl2N4/c20-16-7-5-14(6-8-16)9-11-22-18-10-12-23-19(25-18)24-13-15-3-1-2-4-17(15)21/h1-8,10,12H,9,11,13H2,(H2,22,23,24,25). The van der Waals surface area contributed by atoms with Gasteiger partial charge in [0.1, 0.15) is 5.82 Å². The van der Waals surface area contributed by atoms with Crippen LogP contribution in [0.5, 0.6) is 0 Å². The van der Waals surface area contributed by atoms with Crippen molar-refractivity contribution in [3.8, 4) is 0 Å². The maximum Gasteiger partial charge on any atom is 0.224 e. The average molecular weight is 373 g/mol. The molecule has 1 aromatic heterocycles. The van der Waals surface area contributed by atoms with Crippen molar-refractivity contribution >= 4 is 35.0 Å². The summed E-state index contributed by atoms with van der Waals surface area (Å²) in [6, 6.07) is 17.4. The predicted molar refractivity (Wildman–Crippen MR) is 104 cm³/mol. The highest BCUT2D eigenvalue weighted by Crippen LogP contribution is 2.16. The number of nitrogens with one attached hydrogen (secondary N) is 2. The first-order valence-corrected chi connectivity index (χ1v) is 8.75. The van der Waals surface area contributed by atoms with Gasteiger partial charge < -0.3 is 10.6 Å². The molecule has 0 radical (unpaired) electrons. The monoisotopic (exact) mass is 372 g/mol. The molecule has 2 aromatic carbocycles. The summed E-state index contributed by atoms with van der Waals surface area (Å²) in [5, 5.41) is 7.98. The molecule has 0 fully saturated rings. The Hall–Kier alpha value is -2.30. The fourth-order valence-corrected chi connectivity index (χ4v) is 2.67. The maximum absolute atomic E-state index is 6.16. The minimum atomic E-state index is 0.566. The van der Waals surface area contributed by atoms with Gasteiger partial charge in [0.25, 0.3) is 0 Å². The number of anilines is 2. The van der Waals surface area contributed by atoms with Crippen LogP contribution in [-0.4, -0.2) is 16.5 Å². The lowest BCUT2D eigenvalue weighted by atomic mass is 10.1. The molecule has 0 aliphatic heterocycles. The number of nitrogens with zero attached hydrogens (tertiary/aromatic N) is 2. The van der Waals surface area contributed by atoms with Crippen molar-refractivity contribution in [2.45, 2.75) is 13.0 Å². The number of hydrogen-bond acceptors (Lipinski definition) is 4. The van der Waals surface area contributed by atoms with Crippen LogP contribution in [0.4, 0.5) is 11.8 Å². The van der Waals surface area contributed by atoms with Crippen LogP contribution in [0, 0.1) is 0 Å². The number of rotatable bonds is 7. The van der Waals surface area contributed by atoms with Crippen molar-refractivity contribution in [1.82, 2.24) is 9.97 Å². The van der Waals surface area contributed by atoms with E-state index in [1.165, 1.54) is 5.56 Å². The van der Waals surface area contributed by atoms with Crippen LogP contribution >= 0.6 is 23.2 Å². The average Bonchev–Trinajstić information content (AvgIpc) is 2.63. The molecule has 3 aromatic rings. The highest BCUT2D eigenvalue weighted by molar-refractivity contribution is 6.31. The van der Waals surface area contributed by atoms with Crippen LogP contribution in [0.2, 0.25) is 10.0 Å². The number of halogens is 2. The molecular weight excluding hydrogens is 355 g/mol. The Morgan fingerprint density at radius 2 is 1.68 bits per heavy atom. The van der Waals surface area contributed by atoms with Gasteiger partial charge in [-0.2, -0.15) is 4.98 Å². The van der Waals surface area contributed by atoms with E-state index < -0.39 is 0 Å². The molecule has 0 aliphatic rings. The van der Waals surface area contributed by atoms with Gasteiger partial charge >= 0.3 is 0 Å². The topological polar surface area (TPSA) is 49.8 Å². The molecule has 128 valence electrons. The fourth-order valence-electron chi connectivity index (χ4n) is 2.34. The quantitative estimate of drug-likeness (QED) is 0.609. The molecule has 0 saturated heterocycles. The summed E-state index contributed by atoms with van der Waals surface area (Å²) >= 11 is 12.1. The predicted octanol–water partition coefficient (Wildman–Crippen LogP) is 5.05. The number of benzene rings is 2. The number of hydrogen-bond donors (Lipinski definition) is 2. The van der Waals surface area contributed by atoms with Crippen molar-refractivity contribution < 1.29 is 0 Å². The molecule has 2 N–H and O–H groups in total. The van der Waals surface area contributed by atoms with E-state index in [-0.39, 0.29) is 0 Å². The first kappa shape index (κ1) is 17.5. The van der Waals surface area contributed by atoms with E-state index in [2.05, 4.69) is 20.6 Å². The number of aromatic nitrogens is 2. The maximum atomic E-state index is 6.16.